The van der Waals surface area contributed by atoms with Crippen LogP contribution in [0.25, 0.3) is 0 Å². The highest BCUT2D eigenvalue weighted by molar-refractivity contribution is 5.93. The number of nitrogens with two attached hydrogens (primary N) is 1. The van der Waals surface area contributed by atoms with Crippen molar-refractivity contribution in [1.29, 1.82) is 0 Å². The molecule has 1 rings (SSSR count). The standard InChI is InChI=1S/C12H24N4O3/c1-19-8-7-16(9-10-3-2-5-14-10)6-4-11(17)15-12(13)18/h10,14H,2-9H2,1H3,(H3,13,15,17,18). The first-order valence-corrected chi connectivity index (χ1v) is 6.65. The molecule has 1 unspecified atom stereocenters. The van der Waals surface area contributed by atoms with Crippen molar-refractivity contribution in [3.05, 3.63) is 0 Å². The molecule has 0 aliphatic carbocycles. The van der Waals surface area contributed by atoms with Crippen molar-refractivity contribution < 1.29 is 14.3 Å². The van der Waals surface area contributed by atoms with Crippen molar-refractivity contribution >= 4 is 11.9 Å². The summed E-state index contributed by atoms with van der Waals surface area (Å²) in [7, 11) is 1.66. The predicted octanol–water partition coefficient (Wildman–Crippen LogP) is -0.728. The second kappa shape index (κ2) is 8.84. The number of primary amides is 1. The Morgan fingerprint density at radius 1 is 1.47 bits per heavy atom. The van der Waals surface area contributed by atoms with Gasteiger partial charge in [-0.2, -0.15) is 0 Å². The molecule has 1 aliphatic heterocycles. The first-order valence-electron chi connectivity index (χ1n) is 6.65. The smallest absolute Gasteiger partial charge is 0.318 e. The van der Waals surface area contributed by atoms with Gasteiger partial charge >= 0.3 is 6.03 Å². The maximum Gasteiger partial charge on any atom is 0.318 e. The molecule has 0 bridgehead atoms. The van der Waals surface area contributed by atoms with Gasteiger partial charge in [-0.05, 0) is 19.4 Å². The number of imide groups is 1. The minimum absolute atomic E-state index is 0.263. The highest BCUT2D eigenvalue weighted by atomic mass is 16.5. The monoisotopic (exact) mass is 272 g/mol. The summed E-state index contributed by atoms with van der Waals surface area (Å²) < 4.78 is 5.07. The van der Waals surface area contributed by atoms with E-state index in [1.807, 2.05) is 0 Å². The fourth-order valence-electron chi connectivity index (χ4n) is 2.20. The first kappa shape index (κ1) is 15.9. The quantitative estimate of drug-likeness (QED) is 0.541. The summed E-state index contributed by atoms with van der Waals surface area (Å²) in [5, 5.41) is 5.50. The third-order valence-electron chi connectivity index (χ3n) is 3.17. The lowest BCUT2D eigenvalue weighted by Gasteiger charge is -2.25. The SMILES string of the molecule is COCCN(CCC(=O)NC(N)=O)CC1CCCN1. The summed E-state index contributed by atoms with van der Waals surface area (Å²) in [6, 6.07) is -0.318. The van der Waals surface area contributed by atoms with Crippen LogP contribution in [0, 0.1) is 0 Å². The average Bonchev–Trinajstić information content (AvgIpc) is 2.84. The Balaban J connectivity index is 2.30. The molecule has 1 aliphatic rings. The van der Waals surface area contributed by atoms with Gasteiger partial charge in [0, 0.05) is 39.2 Å². The molecule has 0 saturated carbocycles. The number of amides is 3. The average molecular weight is 272 g/mol. The number of nitrogens with zero attached hydrogens (tertiary/aromatic N) is 1. The van der Waals surface area contributed by atoms with Crippen LogP contribution in [0.15, 0.2) is 0 Å². The molecule has 1 heterocycles. The van der Waals surface area contributed by atoms with Gasteiger partial charge in [0.1, 0.15) is 0 Å². The van der Waals surface area contributed by atoms with Gasteiger partial charge in [-0.3, -0.25) is 15.0 Å². The van der Waals surface area contributed by atoms with Crippen LogP contribution in [-0.4, -0.2) is 62.8 Å². The molecule has 1 saturated heterocycles. The first-order chi connectivity index (χ1) is 9.11. The highest BCUT2D eigenvalue weighted by Crippen LogP contribution is 2.07. The van der Waals surface area contributed by atoms with E-state index in [1.54, 1.807) is 7.11 Å². The molecule has 19 heavy (non-hydrogen) atoms. The zero-order valence-electron chi connectivity index (χ0n) is 11.5. The molecule has 0 radical (unpaired) electrons. The van der Waals surface area contributed by atoms with E-state index in [2.05, 4.69) is 15.5 Å². The number of ether oxygens (including phenoxy) is 1. The summed E-state index contributed by atoms with van der Waals surface area (Å²) in [5.41, 5.74) is 4.90. The Bertz CT molecular complexity index is 293. The van der Waals surface area contributed by atoms with Crippen molar-refractivity contribution in [1.82, 2.24) is 15.5 Å². The molecule has 7 heteroatoms. The van der Waals surface area contributed by atoms with E-state index in [4.69, 9.17) is 10.5 Å². The van der Waals surface area contributed by atoms with Gasteiger partial charge in [0.25, 0.3) is 0 Å². The van der Waals surface area contributed by atoms with Gasteiger partial charge < -0.3 is 15.8 Å². The second-order valence-electron chi connectivity index (χ2n) is 4.75. The topological polar surface area (TPSA) is 96.7 Å². The molecule has 0 aromatic rings. The van der Waals surface area contributed by atoms with Gasteiger partial charge in [-0.15, -0.1) is 0 Å². The Kier molecular flexibility index (Phi) is 7.39. The summed E-state index contributed by atoms with van der Waals surface area (Å²) in [6.07, 6.45) is 2.63. The van der Waals surface area contributed by atoms with Gasteiger partial charge in [0.15, 0.2) is 0 Å². The summed E-state index contributed by atoms with van der Waals surface area (Å²) in [6.45, 7) is 3.96. The van der Waals surface area contributed by atoms with Crippen LogP contribution in [0.3, 0.4) is 0 Å². The lowest BCUT2D eigenvalue weighted by Crippen LogP contribution is -2.42. The van der Waals surface area contributed by atoms with Gasteiger partial charge in [0.2, 0.25) is 5.91 Å². The summed E-state index contributed by atoms with van der Waals surface area (Å²) in [4.78, 5) is 24.1. The van der Waals surface area contributed by atoms with Crippen molar-refractivity contribution in [2.45, 2.75) is 25.3 Å². The number of urea groups is 1. The molecule has 0 aromatic heterocycles. The molecular weight excluding hydrogens is 248 g/mol. The van der Waals surface area contributed by atoms with Crippen LogP contribution in [0.5, 0.6) is 0 Å². The Hall–Kier alpha value is -1.18. The normalized spacial score (nSPS) is 18.7. The van der Waals surface area contributed by atoms with E-state index in [9.17, 15) is 9.59 Å². The molecule has 110 valence electrons. The van der Waals surface area contributed by atoms with E-state index in [1.165, 1.54) is 6.42 Å². The zero-order chi connectivity index (χ0) is 14.1. The Morgan fingerprint density at radius 2 is 2.26 bits per heavy atom. The molecule has 1 fully saturated rings. The van der Waals surface area contributed by atoms with Gasteiger partial charge in [0.05, 0.1) is 6.61 Å². The number of hydrogen-bond acceptors (Lipinski definition) is 5. The van der Waals surface area contributed by atoms with E-state index in [0.717, 1.165) is 26.1 Å². The van der Waals surface area contributed by atoms with Crippen LogP contribution in [0.4, 0.5) is 4.79 Å². The molecular formula is C12H24N4O3. The molecule has 0 aromatic carbocycles. The second-order valence-corrected chi connectivity index (χ2v) is 4.75. The number of rotatable bonds is 8. The molecule has 3 amide bonds. The largest absolute Gasteiger partial charge is 0.383 e. The summed E-state index contributed by atoms with van der Waals surface area (Å²) in [5.74, 6) is -0.339. The Labute approximate surface area is 113 Å². The third-order valence-corrected chi connectivity index (χ3v) is 3.17. The number of carbonyl (C=O) groups is 2. The van der Waals surface area contributed by atoms with Crippen molar-refractivity contribution in [3.63, 3.8) is 0 Å². The molecule has 7 nitrogen and oxygen atoms in total. The van der Waals surface area contributed by atoms with Gasteiger partial charge in [-0.1, -0.05) is 0 Å². The number of nitrogens with one attached hydrogen (secondary N) is 2. The fourth-order valence-corrected chi connectivity index (χ4v) is 2.20. The van der Waals surface area contributed by atoms with Crippen LogP contribution in [0.1, 0.15) is 19.3 Å². The van der Waals surface area contributed by atoms with Crippen molar-refractivity contribution in [2.75, 3.05) is 39.9 Å². The van der Waals surface area contributed by atoms with Crippen LogP contribution >= 0.6 is 0 Å². The maximum atomic E-state index is 11.4. The molecule has 1 atom stereocenters. The minimum atomic E-state index is -0.800. The van der Waals surface area contributed by atoms with E-state index in [0.29, 0.717) is 19.2 Å². The Morgan fingerprint density at radius 3 is 2.84 bits per heavy atom. The van der Waals surface area contributed by atoms with Gasteiger partial charge in [-0.25, -0.2) is 4.79 Å². The van der Waals surface area contributed by atoms with Crippen molar-refractivity contribution in [3.8, 4) is 0 Å². The lowest BCUT2D eigenvalue weighted by molar-refractivity contribution is -0.120. The lowest BCUT2D eigenvalue weighted by atomic mass is 10.2. The summed E-state index contributed by atoms with van der Waals surface area (Å²) >= 11 is 0. The zero-order valence-corrected chi connectivity index (χ0v) is 11.5. The van der Waals surface area contributed by atoms with E-state index >= 15 is 0 Å². The van der Waals surface area contributed by atoms with Crippen molar-refractivity contribution in [2.24, 2.45) is 5.73 Å². The van der Waals surface area contributed by atoms with E-state index in [-0.39, 0.29) is 12.3 Å². The maximum absolute atomic E-state index is 11.4. The van der Waals surface area contributed by atoms with Crippen LogP contribution in [0.2, 0.25) is 0 Å². The molecule has 0 spiro atoms. The number of methoxy groups -OCH3 is 1. The third kappa shape index (κ3) is 7.09. The molecule has 4 N–H and O–H groups in total. The predicted molar refractivity (Wildman–Crippen MR) is 71.7 cm³/mol. The fraction of sp³-hybridized carbons (Fsp3) is 0.833. The number of hydrogen-bond donors (Lipinski definition) is 3. The van der Waals surface area contributed by atoms with E-state index < -0.39 is 6.03 Å². The highest BCUT2D eigenvalue weighted by Gasteiger charge is 2.18. The van der Waals surface area contributed by atoms with Crippen LogP contribution < -0.4 is 16.4 Å². The minimum Gasteiger partial charge on any atom is -0.383 e. The van der Waals surface area contributed by atoms with Crippen LogP contribution in [-0.2, 0) is 9.53 Å². The number of carbonyl (C=O) groups excluding carboxylic acids is 2.